The minimum absolute atomic E-state index is 0.0513. The van der Waals surface area contributed by atoms with Gasteiger partial charge in [0.25, 0.3) is 0 Å². The van der Waals surface area contributed by atoms with Crippen molar-refractivity contribution in [2.75, 3.05) is 0 Å². The monoisotopic (exact) mass is 470 g/mol. The molecule has 0 aliphatic carbocycles. The van der Waals surface area contributed by atoms with Gasteiger partial charge < -0.3 is 0 Å². The Bertz CT molecular complexity index is 623. The van der Waals surface area contributed by atoms with E-state index in [1.54, 1.807) is 0 Å². The van der Waals surface area contributed by atoms with Crippen molar-refractivity contribution in [2.24, 2.45) is 0 Å². The van der Waals surface area contributed by atoms with Crippen LogP contribution in [-0.2, 0) is 5.92 Å². The number of hydrogen-bond donors (Lipinski definition) is 0. The average Bonchev–Trinajstić information content (AvgIpc) is 2.44. The van der Waals surface area contributed by atoms with Crippen LogP contribution in [0.4, 0.5) is 39.5 Å². The third-order valence-corrected chi connectivity index (χ3v) is 5.99. The zero-order valence-electron chi connectivity index (χ0n) is 12.6. The van der Waals surface area contributed by atoms with Gasteiger partial charge in [-0.15, -0.1) is 33.2 Å². The Hall–Kier alpha value is -0.323. The molecule has 0 bridgehead atoms. The summed E-state index contributed by atoms with van der Waals surface area (Å²) in [6.45, 7) is 1.54. The molecule has 0 saturated heterocycles. The molecule has 0 nitrogen and oxygen atoms in total. The molecule has 0 radical (unpaired) electrons. The third kappa shape index (κ3) is 4.56. The molecule has 150 valence electrons. The summed E-state index contributed by atoms with van der Waals surface area (Å²) in [5.41, 5.74) is -1.44. The maximum absolute atomic E-state index is 13.8. The molecular formula is C13H10Cl3F9Si. The average molecular weight is 472 g/mol. The molecular weight excluding hydrogens is 462 g/mol. The molecule has 13 heteroatoms. The van der Waals surface area contributed by atoms with Crippen LogP contribution in [0.25, 0.3) is 0 Å². The Labute approximate surface area is 157 Å². The third-order valence-electron chi connectivity index (χ3n) is 3.52. The summed E-state index contributed by atoms with van der Waals surface area (Å²) in [5, 5.41) is 0. The van der Waals surface area contributed by atoms with Gasteiger partial charge in [0.2, 0.25) is 0 Å². The SMILES string of the molecule is CC(C[Si](Cl)(Cl)Cl)c1ccc(C(F)(F)C(F)(F)C(F)(F)C(F)(F)F)cc1. The Morgan fingerprint density at radius 2 is 1.23 bits per heavy atom. The van der Waals surface area contributed by atoms with Crippen molar-refractivity contribution >= 4 is 39.2 Å². The van der Waals surface area contributed by atoms with E-state index in [1.165, 1.54) is 6.92 Å². The normalized spacial score (nSPS) is 15.9. The number of benzene rings is 1. The molecule has 1 aromatic carbocycles. The van der Waals surface area contributed by atoms with E-state index < -0.39 is 41.4 Å². The second-order valence-corrected chi connectivity index (χ2v) is 14.8. The molecule has 1 rings (SSSR count). The van der Waals surface area contributed by atoms with Crippen LogP contribution in [-0.4, -0.2) is 24.0 Å². The summed E-state index contributed by atoms with van der Waals surface area (Å²) in [5.74, 6) is -19.9. The van der Waals surface area contributed by atoms with Gasteiger partial charge in [-0.1, -0.05) is 31.2 Å². The second-order valence-electron chi connectivity index (χ2n) is 5.56. The van der Waals surface area contributed by atoms with Crippen LogP contribution in [0, 0.1) is 0 Å². The van der Waals surface area contributed by atoms with Gasteiger partial charge in [-0.3, -0.25) is 0 Å². The predicted octanol–water partition coefficient (Wildman–Crippen LogP) is 7.37. The molecule has 1 atom stereocenters. The minimum Gasteiger partial charge on any atom is -0.194 e. The van der Waals surface area contributed by atoms with E-state index in [1.807, 2.05) is 0 Å². The van der Waals surface area contributed by atoms with Crippen LogP contribution in [0.2, 0.25) is 6.04 Å². The van der Waals surface area contributed by atoms with Gasteiger partial charge in [0.1, 0.15) is 0 Å². The lowest BCUT2D eigenvalue weighted by Crippen LogP contribution is -2.59. The highest BCUT2D eigenvalue weighted by atomic mass is 35.8. The highest BCUT2D eigenvalue weighted by Gasteiger charge is 2.81. The molecule has 1 aromatic rings. The molecule has 1 unspecified atom stereocenters. The van der Waals surface area contributed by atoms with Crippen molar-refractivity contribution in [3.63, 3.8) is 0 Å². The Morgan fingerprint density at radius 1 is 0.808 bits per heavy atom. The summed E-state index contributed by atoms with van der Waals surface area (Å²) >= 11 is 17.1. The first-order valence-corrected chi connectivity index (χ1v) is 12.0. The lowest BCUT2D eigenvalue weighted by molar-refractivity contribution is -0.399. The summed E-state index contributed by atoms with van der Waals surface area (Å²) in [6.07, 6.45) is -6.86. The van der Waals surface area contributed by atoms with E-state index in [-0.39, 0.29) is 11.6 Å². The van der Waals surface area contributed by atoms with Crippen molar-refractivity contribution < 1.29 is 39.5 Å². The van der Waals surface area contributed by atoms with Crippen molar-refractivity contribution in [3.8, 4) is 0 Å². The van der Waals surface area contributed by atoms with Crippen LogP contribution in [0.5, 0.6) is 0 Å². The fourth-order valence-electron chi connectivity index (χ4n) is 2.04. The van der Waals surface area contributed by atoms with Gasteiger partial charge in [0.15, 0.2) is 0 Å². The smallest absolute Gasteiger partial charge is 0.194 e. The molecule has 0 amide bonds. The zero-order valence-corrected chi connectivity index (χ0v) is 15.9. The summed E-state index contributed by atoms with van der Waals surface area (Å²) in [6, 6.07) is -0.624. The molecule has 0 aliphatic rings. The molecule has 0 heterocycles. The quantitative estimate of drug-likeness (QED) is 0.231. The molecule has 0 saturated carbocycles. The van der Waals surface area contributed by atoms with E-state index in [9.17, 15) is 39.5 Å². The number of halogens is 12. The summed E-state index contributed by atoms with van der Waals surface area (Å²) in [4.78, 5) is 0. The maximum Gasteiger partial charge on any atom is 0.460 e. The molecule has 0 N–H and O–H groups in total. The van der Waals surface area contributed by atoms with Gasteiger partial charge >= 0.3 is 29.9 Å². The van der Waals surface area contributed by atoms with E-state index in [2.05, 4.69) is 0 Å². The Balaban J connectivity index is 3.21. The first-order chi connectivity index (χ1) is 11.3. The van der Waals surface area contributed by atoms with E-state index >= 15 is 0 Å². The standard InChI is InChI=1S/C13H10Cl3F9Si/c1-7(6-26(14,15)16)8-2-4-9(5-3-8)10(17,18)11(19,20)12(21,22)13(23,24)25/h2-5,7H,6H2,1H3. The lowest BCUT2D eigenvalue weighted by Gasteiger charge is -2.33. The maximum atomic E-state index is 13.8. The van der Waals surface area contributed by atoms with E-state index in [4.69, 9.17) is 33.2 Å². The Morgan fingerprint density at radius 3 is 1.58 bits per heavy atom. The van der Waals surface area contributed by atoms with Crippen LogP contribution in [0.15, 0.2) is 24.3 Å². The van der Waals surface area contributed by atoms with Crippen LogP contribution < -0.4 is 0 Å². The van der Waals surface area contributed by atoms with Crippen molar-refractivity contribution in [2.45, 2.75) is 42.8 Å². The highest BCUT2D eigenvalue weighted by Crippen LogP contribution is 2.56. The van der Waals surface area contributed by atoms with Gasteiger partial charge in [-0.05, 0) is 17.5 Å². The van der Waals surface area contributed by atoms with Crippen molar-refractivity contribution in [1.29, 1.82) is 0 Å². The summed E-state index contributed by atoms with van der Waals surface area (Å²) in [7, 11) is 0. The van der Waals surface area contributed by atoms with Crippen molar-refractivity contribution in [3.05, 3.63) is 35.4 Å². The van der Waals surface area contributed by atoms with Gasteiger partial charge in [0.05, 0.1) is 0 Å². The molecule has 0 spiro atoms. The minimum atomic E-state index is -6.93. The van der Waals surface area contributed by atoms with Crippen LogP contribution in [0.1, 0.15) is 24.0 Å². The fraction of sp³-hybridized carbons (Fsp3) is 0.538. The predicted molar refractivity (Wildman–Crippen MR) is 82.8 cm³/mol. The van der Waals surface area contributed by atoms with E-state index in [0.717, 1.165) is 12.1 Å². The molecule has 0 aliphatic heterocycles. The van der Waals surface area contributed by atoms with Gasteiger partial charge in [0, 0.05) is 5.56 Å². The number of hydrogen-bond acceptors (Lipinski definition) is 0. The van der Waals surface area contributed by atoms with Crippen LogP contribution in [0.3, 0.4) is 0 Å². The molecule has 26 heavy (non-hydrogen) atoms. The Kier molecular flexibility index (Phi) is 6.61. The topological polar surface area (TPSA) is 0 Å². The van der Waals surface area contributed by atoms with E-state index in [0.29, 0.717) is 12.1 Å². The second kappa shape index (κ2) is 7.25. The van der Waals surface area contributed by atoms with Crippen LogP contribution >= 0.6 is 33.2 Å². The number of rotatable bonds is 6. The lowest BCUT2D eigenvalue weighted by atomic mass is 9.94. The summed E-state index contributed by atoms with van der Waals surface area (Å²) < 4.78 is 116. The number of alkyl halides is 9. The highest BCUT2D eigenvalue weighted by molar-refractivity contribution is 7.64. The first kappa shape index (κ1) is 23.7. The molecule has 0 fully saturated rings. The molecule has 0 aromatic heterocycles. The van der Waals surface area contributed by atoms with Gasteiger partial charge in [-0.2, -0.15) is 39.5 Å². The van der Waals surface area contributed by atoms with Crippen molar-refractivity contribution in [1.82, 2.24) is 0 Å². The fourth-order valence-corrected chi connectivity index (χ4v) is 5.06. The largest absolute Gasteiger partial charge is 0.460 e. The zero-order chi connectivity index (χ0) is 20.8. The van der Waals surface area contributed by atoms with Gasteiger partial charge in [-0.25, -0.2) is 0 Å². The first-order valence-electron chi connectivity index (χ1n) is 6.72.